The Morgan fingerprint density at radius 2 is 1.61 bits per heavy atom. The molecule has 0 aliphatic carbocycles. The van der Waals surface area contributed by atoms with E-state index in [9.17, 15) is 13.2 Å². The molecule has 5 nitrogen and oxygen atoms in total. The fourth-order valence-corrected chi connectivity index (χ4v) is 4.99. The van der Waals surface area contributed by atoms with E-state index in [0.29, 0.717) is 12.2 Å². The van der Waals surface area contributed by atoms with Crippen LogP contribution in [-0.4, -0.2) is 27.4 Å². The van der Waals surface area contributed by atoms with E-state index in [2.05, 4.69) is 5.32 Å². The first-order chi connectivity index (χ1) is 14.9. The molecule has 1 amide bonds. The molecule has 0 aliphatic rings. The Labute approximate surface area is 188 Å². The summed E-state index contributed by atoms with van der Waals surface area (Å²) in [6, 6.07) is 23.1. The monoisotopic (exact) mass is 456 g/mol. The quantitative estimate of drug-likeness (QED) is 0.465. The molecule has 1 N–H and O–H groups in total. The average Bonchev–Trinajstić information content (AvgIpc) is 2.78. The molecule has 0 heterocycles. The fourth-order valence-electron chi connectivity index (χ4n) is 3.29. The summed E-state index contributed by atoms with van der Waals surface area (Å²) in [5, 5.41) is 3.04. The highest BCUT2D eigenvalue weighted by atomic mass is 35.5. The standard InChI is InChI=1S/C24H25ClN2O3S/c1-2-27(20-13-7-4-8-14-20)31(29,30)21-15-16-23(25)22(18-21)24(28)26-17-9-12-19-10-5-3-6-11-19/h3-8,10-11,13-16,18H,2,9,12,17H2,1H3,(H,26,28). The third-order valence-corrected chi connectivity index (χ3v) is 7.10. The molecule has 162 valence electrons. The number of aryl methyl sites for hydroxylation is 1. The van der Waals surface area contributed by atoms with Crippen LogP contribution in [0, 0.1) is 0 Å². The van der Waals surface area contributed by atoms with E-state index in [1.165, 1.54) is 28.1 Å². The summed E-state index contributed by atoms with van der Waals surface area (Å²) in [6.07, 6.45) is 1.61. The number of nitrogens with one attached hydrogen (secondary N) is 1. The van der Waals surface area contributed by atoms with Crippen LogP contribution in [0.15, 0.2) is 83.8 Å². The van der Waals surface area contributed by atoms with Crippen molar-refractivity contribution in [2.45, 2.75) is 24.7 Å². The second kappa shape index (κ2) is 10.5. The van der Waals surface area contributed by atoms with E-state index < -0.39 is 15.9 Å². The van der Waals surface area contributed by atoms with Crippen molar-refractivity contribution in [3.63, 3.8) is 0 Å². The number of nitrogens with zero attached hydrogens (tertiary/aromatic N) is 1. The lowest BCUT2D eigenvalue weighted by atomic mass is 10.1. The molecule has 0 spiro atoms. The van der Waals surface area contributed by atoms with Gasteiger partial charge in [0, 0.05) is 13.1 Å². The van der Waals surface area contributed by atoms with Crippen molar-refractivity contribution in [1.82, 2.24) is 5.32 Å². The molecule has 3 rings (SSSR count). The van der Waals surface area contributed by atoms with Gasteiger partial charge in [-0.15, -0.1) is 0 Å². The van der Waals surface area contributed by atoms with Gasteiger partial charge in [-0.2, -0.15) is 0 Å². The largest absolute Gasteiger partial charge is 0.352 e. The topological polar surface area (TPSA) is 66.5 Å². The highest BCUT2D eigenvalue weighted by Gasteiger charge is 2.25. The minimum Gasteiger partial charge on any atom is -0.352 e. The van der Waals surface area contributed by atoms with Crippen LogP contribution in [0.4, 0.5) is 5.69 Å². The van der Waals surface area contributed by atoms with Crippen molar-refractivity contribution in [3.05, 3.63) is 95.0 Å². The first-order valence-corrected chi connectivity index (χ1v) is 11.9. The van der Waals surface area contributed by atoms with Crippen LogP contribution in [0.3, 0.4) is 0 Å². The van der Waals surface area contributed by atoms with Gasteiger partial charge >= 0.3 is 0 Å². The highest BCUT2D eigenvalue weighted by molar-refractivity contribution is 7.92. The number of benzene rings is 3. The Kier molecular flexibility index (Phi) is 7.71. The summed E-state index contributed by atoms with van der Waals surface area (Å²) >= 11 is 6.21. The van der Waals surface area contributed by atoms with Gasteiger partial charge < -0.3 is 5.32 Å². The predicted octanol–water partition coefficient (Wildman–Crippen LogP) is 4.92. The third kappa shape index (κ3) is 5.66. The summed E-state index contributed by atoms with van der Waals surface area (Å²) in [5.41, 5.74) is 1.90. The maximum absolute atomic E-state index is 13.2. The van der Waals surface area contributed by atoms with Crippen molar-refractivity contribution in [2.75, 3.05) is 17.4 Å². The number of rotatable bonds is 9. The van der Waals surface area contributed by atoms with Gasteiger partial charge in [0.15, 0.2) is 0 Å². The molecule has 0 fully saturated rings. The van der Waals surface area contributed by atoms with Crippen LogP contribution in [0.1, 0.15) is 29.3 Å². The molecule has 0 aromatic heterocycles. The second-order valence-corrected chi connectivity index (χ2v) is 9.26. The zero-order valence-electron chi connectivity index (χ0n) is 17.3. The molecular weight excluding hydrogens is 432 g/mol. The van der Waals surface area contributed by atoms with Crippen LogP contribution >= 0.6 is 11.6 Å². The Balaban J connectivity index is 1.73. The van der Waals surface area contributed by atoms with E-state index in [1.54, 1.807) is 31.2 Å². The molecule has 31 heavy (non-hydrogen) atoms. The number of halogens is 1. The van der Waals surface area contributed by atoms with E-state index in [4.69, 9.17) is 11.6 Å². The maximum Gasteiger partial charge on any atom is 0.264 e. The highest BCUT2D eigenvalue weighted by Crippen LogP contribution is 2.26. The number of carbonyl (C=O) groups excluding carboxylic acids is 1. The number of para-hydroxylation sites is 1. The summed E-state index contributed by atoms with van der Waals surface area (Å²) in [6.45, 7) is 2.49. The third-order valence-electron chi connectivity index (χ3n) is 4.87. The van der Waals surface area contributed by atoms with Gasteiger partial charge in [0.05, 0.1) is 21.2 Å². The van der Waals surface area contributed by atoms with Crippen molar-refractivity contribution in [1.29, 1.82) is 0 Å². The summed E-state index contributed by atoms with van der Waals surface area (Å²) in [5.74, 6) is -0.391. The van der Waals surface area contributed by atoms with Gasteiger partial charge in [-0.1, -0.05) is 60.1 Å². The minimum absolute atomic E-state index is 0.0250. The normalized spacial score (nSPS) is 11.2. The van der Waals surface area contributed by atoms with Crippen LogP contribution in [0.25, 0.3) is 0 Å². The lowest BCUT2D eigenvalue weighted by molar-refractivity contribution is 0.0953. The summed E-state index contributed by atoms with van der Waals surface area (Å²) in [4.78, 5) is 12.7. The smallest absolute Gasteiger partial charge is 0.264 e. The molecular formula is C24H25ClN2O3S. The molecule has 0 aliphatic heterocycles. The van der Waals surface area contributed by atoms with Gasteiger partial charge in [-0.3, -0.25) is 9.10 Å². The van der Waals surface area contributed by atoms with E-state index >= 15 is 0 Å². The molecule has 3 aromatic rings. The molecule has 7 heteroatoms. The molecule has 0 radical (unpaired) electrons. The lowest BCUT2D eigenvalue weighted by Crippen LogP contribution is -2.31. The van der Waals surface area contributed by atoms with E-state index in [-0.39, 0.29) is 22.0 Å². The van der Waals surface area contributed by atoms with Crippen LogP contribution < -0.4 is 9.62 Å². The Morgan fingerprint density at radius 3 is 2.26 bits per heavy atom. The van der Waals surface area contributed by atoms with Gasteiger partial charge in [-0.25, -0.2) is 8.42 Å². The predicted molar refractivity (Wildman–Crippen MR) is 125 cm³/mol. The molecule has 0 atom stereocenters. The van der Waals surface area contributed by atoms with Crippen molar-refractivity contribution in [2.24, 2.45) is 0 Å². The van der Waals surface area contributed by atoms with E-state index in [0.717, 1.165) is 12.8 Å². The number of hydrogen-bond donors (Lipinski definition) is 1. The van der Waals surface area contributed by atoms with Crippen molar-refractivity contribution in [3.8, 4) is 0 Å². The summed E-state index contributed by atoms with van der Waals surface area (Å²) in [7, 11) is -3.84. The number of amides is 1. The van der Waals surface area contributed by atoms with Crippen LogP contribution in [-0.2, 0) is 16.4 Å². The SMILES string of the molecule is CCN(c1ccccc1)S(=O)(=O)c1ccc(Cl)c(C(=O)NCCCc2ccccc2)c1. The first-order valence-electron chi connectivity index (χ1n) is 10.1. The zero-order chi connectivity index (χ0) is 22.3. The number of hydrogen-bond acceptors (Lipinski definition) is 3. The summed E-state index contributed by atoms with van der Waals surface area (Å²) < 4.78 is 27.7. The molecule has 0 bridgehead atoms. The van der Waals surface area contributed by atoms with Crippen molar-refractivity contribution < 1.29 is 13.2 Å². The Morgan fingerprint density at radius 1 is 0.968 bits per heavy atom. The van der Waals surface area contributed by atoms with Gasteiger partial charge in [0.2, 0.25) is 0 Å². The van der Waals surface area contributed by atoms with Gasteiger partial charge in [-0.05, 0) is 55.7 Å². The second-order valence-electron chi connectivity index (χ2n) is 6.99. The zero-order valence-corrected chi connectivity index (χ0v) is 18.9. The molecule has 0 unspecified atom stereocenters. The molecule has 0 saturated heterocycles. The fraction of sp³-hybridized carbons (Fsp3) is 0.208. The van der Waals surface area contributed by atoms with Crippen LogP contribution in [0.2, 0.25) is 5.02 Å². The van der Waals surface area contributed by atoms with Gasteiger partial charge in [0.1, 0.15) is 0 Å². The maximum atomic E-state index is 13.2. The first kappa shape index (κ1) is 22.8. The average molecular weight is 457 g/mol. The molecule has 0 saturated carbocycles. The minimum atomic E-state index is -3.84. The Hall–Kier alpha value is -2.83. The molecule has 3 aromatic carbocycles. The number of carbonyl (C=O) groups is 1. The number of sulfonamides is 1. The van der Waals surface area contributed by atoms with E-state index in [1.807, 2.05) is 36.4 Å². The van der Waals surface area contributed by atoms with Crippen molar-refractivity contribution >= 4 is 33.2 Å². The lowest BCUT2D eigenvalue weighted by Gasteiger charge is -2.23. The van der Waals surface area contributed by atoms with Crippen LogP contribution in [0.5, 0.6) is 0 Å². The number of anilines is 1. The Bertz CT molecular complexity index is 1120. The van der Waals surface area contributed by atoms with Gasteiger partial charge in [0.25, 0.3) is 15.9 Å².